The first-order valence-corrected chi connectivity index (χ1v) is 7.67. The summed E-state index contributed by atoms with van der Waals surface area (Å²) in [4.78, 5) is 34.9. The van der Waals surface area contributed by atoms with Crippen LogP contribution in [0.1, 0.15) is 23.0 Å². The van der Waals surface area contributed by atoms with Crippen molar-refractivity contribution in [3.8, 4) is 6.57 Å². The van der Waals surface area contributed by atoms with Crippen LogP contribution in [0.2, 0.25) is 0 Å². The minimum atomic E-state index is -0.882. The maximum Gasteiger partial charge on any atom is 0.339 e. The molecule has 2 rings (SSSR count). The maximum atomic E-state index is 12.4. The van der Waals surface area contributed by atoms with Crippen LogP contribution in [0.15, 0.2) is 36.8 Å². The van der Waals surface area contributed by atoms with E-state index in [1.54, 1.807) is 37.4 Å². The molecule has 0 fully saturated rings. The Bertz CT molecular complexity index is 735. The fourth-order valence-electron chi connectivity index (χ4n) is 2.03. The van der Waals surface area contributed by atoms with E-state index in [0.29, 0.717) is 23.6 Å². The summed E-state index contributed by atoms with van der Waals surface area (Å²) >= 11 is 0. The molecule has 1 atom stereocenters. The Morgan fingerprint density at radius 2 is 2.12 bits per heavy atom. The zero-order valence-electron chi connectivity index (χ0n) is 13.8. The van der Waals surface area contributed by atoms with Crippen LogP contribution in [-0.4, -0.2) is 41.3 Å². The smallest absolute Gasteiger partial charge is 0.339 e. The second-order valence-corrected chi connectivity index (χ2v) is 5.06. The second kappa shape index (κ2) is 9.20. The third-order valence-corrected chi connectivity index (χ3v) is 3.34. The van der Waals surface area contributed by atoms with Crippen molar-refractivity contribution in [2.75, 3.05) is 13.4 Å². The van der Waals surface area contributed by atoms with Gasteiger partial charge in [-0.05, 0) is 23.9 Å². The highest BCUT2D eigenvalue weighted by Gasteiger charge is 2.24. The Balaban J connectivity index is 2.06. The number of ether oxygens (including phenoxy) is 2. The third-order valence-electron chi connectivity index (χ3n) is 3.34. The molecule has 130 valence electrons. The van der Waals surface area contributed by atoms with Gasteiger partial charge in [-0.1, -0.05) is 0 Å². The van der Waals surface area contributed by atoms with Gasteiger partial charge in [-0.25, -0.2) is 9.78 Å². The van der Waals surface area contributed by atoms with E-state index in [-0.39, 0.29) is 13.2 Å². The van der Waals surface area contributed by atoms with Crippen molar-refractivity contribution in [3.05, 3.63) is 52.9 Å². The second-order valence-electron chi connectivity index (χ2n) is 5.06. The largest absolute Gasteiger partial charge is 0.437 e. The minimum absolute atomic E-state index is 0.169. The number of aromatic nitrogens is 2. The lowest BCUT2D eigenvalue weighted by atomic mass is 10.1. The molecule has 1 amide bonds. The van der Waals surface area contributed by atoms with E-state index in [9.17, 15) is 9.59 Å². The van der Waals surface area contributed by atoms with Crippen LogP contribution >= 0.6 is 0 Å². The van der Waals surface area contributed by atoms with Crippen molar-refractivity contribution in [2.24, 2.45) is 0 Å². The molecule has 8 heteroatoms. The maximum absolute atomic E-state index is 12.4. The highest BCUT2D eigenvalue weighted by atomic mass is 16.7. The van der Waals surface area contributed by atoms with Gasteiger partial charge in [-0.2, -0.15) is 0 Å². The van der Waals surface area contributed by atoms with Crippen LogP contribution in [0.4, 0.5) is 5.69 Å². The predicted molar refractivity (Wildman–Crippen MR) is 90.5 cm³/mol. The van der Waals surface area contributed by atoms with E-state index in [0.717, 1.165) is 0 Å². The Labute approximate surface area is 145 Å². The zero-order chi connectivity index (χ0) is 18.1. The number of hydrogen-bond donors (Lipinski definition) is 2. The number of nitrogens with zero attached hydrogens (tertiary/aromatic N) is 2. The van der Waals surface area contributed by atoms with Gasteiger partial charge >= 0.3 is 11.7 Å². The molecule has 0 bridgehead atoms. The summed E-state index contributed by atoms with van der Waals surface area (Å²) in [5, 5.41) is 2.66. The lowest BCUT2D eigenvalue weighted by Gasteiger charge is -2.17. The molecule has 0 unspecified atom stereocenters. The Morgan fingerprint density at radius 3 is 2.72 bits per heavy atom. The van der Waals surface area contributed by atoms with E-state index < -0.39 is 17.9 Å². The molecule has 0 saturated carbocycles. The van der Waals surface area contributed by atoms with E-state index in [1.807, 2.05) is 0 Å². The molecule has 2 aromatic rings. The summed E-state index contributed by atoms with van der Waals surface area (Å²) in [6.45, 7) is 7.21. The van der Waals surface area contributed by atoms with Gasteiger partial charge in [-0.3, -0.25) is 4.79 Å². The monoisotopic (exact) mass is 343 g/mol. The average molecular weight is 343 g/mol. The van der Waals surface area contributed by atoms with Crippen molar-refractivity contribution in [1.82, 2.24) is 15.3 Å². The van der Waals surface area contributed by atoms with Crippen LogP contribution in [0.5, 0.6) is 0 Å². The average Bonchev–Trinajstić information content (AvgIpc) is 3.14. The first-order valence-electron chi connectivity index (χ1n) is 7.67. The van der Waals surface area contributed by atoms with Crippen molar-refractivity contribution in [2.45, 2.75) is 19.4 Å². The molecule has 0 aliphatic carbocycles. The summed E-state index contributed by atoms with van der Waals surface area (Å²) < 4.78 is 10.0. The molecule has 0 aliphatic heterocycles. The van der Waals surface area contributed by atoms with Crippen molar-refractivity contribution >= 4 is 17.6 Å². The number of imidazole rings is 1. The molecule has 8 nitrogen and oxygen atoms in total. The topological polar surface area (TPSA) is 97.7 Å². The zero-order valence-corrected chi connectivity index (χ0v) is 13.8. The van der Waals surface area contributed by atoms with Crippen LogP contribution < -0.4 is 5.32 Å². The number of carbonyl (C=O) groups excluding carboxylic acids is 2. The predicted octanol–water partition coefficient (Wildman–Crippen LogP) is 1.88. The molecule has 1 aromatic heterocycles. The van der Waals surface area contributed by atoms with Crippen molar-refractivity contribution < 1.29 is 19.1 Å². The normalized spacial score (nSPS) is 11.4. The summed E-state index contributed by atoms with van der Waals surface area (Å²) in [5.74, 6) is -1.01. The van der Waals surface area contributed by atoms with Gasteiger partial charge in [0, 0.05) is 42.6 Å². The molecule has 1 heterocycles. The van der Waals surface area contributed by atoms with Crippen molar-refractivity contribution in [3.63, 3.8) is 0 Å². The number of benzene rings is 1. The standard InChI is InChI=1S/C17H18N4O4/c1-3-24-11-25-17(23)15(8-14-9-19-10-20-14)21-16(22)12-4-6-13(18-2)7-5-12/h2,4-7,9-10,15H,3,8,11H2,1H3,(H-,19,20,21,22)/p+1/t15-/m1/s1. The van der Waals surface area contributed by atoms with E-state index in [4.69, 9.17) is 16.0 Å². The fraction of sp³-hybridized carbons (Fsp3) is 0.294. The molecular formula is C17H19N4O4+. The first-order chi connectivity index (χ1) is 12.1. The molecule has 25 heavy (non-hydrogen) atoms. The molecule has 0 spiro atoms. The van der Waals surface area contributed by atoms with Crippen LogP contribution in [0, 0.1) is 6.57 Å². The number of nitrogens with one attached hydrogen (secondary N) is 2. The number of hydrogen-bond acceptors (Lipinski definition) is 5. The third kappa shape index (κ3) is 5.44. The number of rotatable bonds is 8. The van der Waals surface area contributed by atoms with Gasteiger partial charge in [0.25, 0.3) is 12.5 Å². The lowest BCUT2D eigenvalue weighted by Crippen LogP contribution is -2.43. The highest BCUT2D eigenvalue weighted by molar-refractivity contribution is 5.97. The number of esters is 1. The number of H-pyrrole nitrogens is 1. The number of amides is 1. The molecular weight excluding hydrogens is 324 g/mol. The van der Waals surface area contributed by atoms with Gasteiger partial charge < -0.3 is 19.8 Å². The first kappa shape index (κ1) is 18.2. The number of aromatic amines is 1. The van der Waals surface area contributed by atoms with Crippen molar-refractivity contribution in [1.29, 1.82) is 0 Å². The summed E-state index contributed by atoms with van der Waals surface area (Å²) in [7, 11) is 0. The molecule has 0 saturated heterocycles. The molecule has 0 radical (unpaired) electrons. The molecule has 1 aromatic carbocycles. The van der Waals surface area contributed by atoms with E-state index >= 15 is 0 Å². The lowest BCUT2D eigenvalue weighted by molar-refractivity contribution is -0.158. The Morgan fingerprint density at radius 1 is 1.36 bits per heavy atom. The summed E-state index contributed by atoms with van der Waals surface area (Å²) in [6.07, 6.45) is 3.29. The molecule has 2 N–H and O–H groups in total. The van der Waals surface area contributed by atoms with Crippen LogP contribution in [0.3, 0.4) is 0 Å². The van der Waals surface area contributed by atoms with Crippen LogP contribution in [-0.2, 0) is 20.7 Å². The quantitative estimate of drug-likeness (QED) is 0.433. The van der Waals surface area contributed by atoms with E-state index in [1.165, 1.54) is 6.33 Å². The Kier molecular flexibility index (Phi) is 6.68. The summed E-state index contributed by atoms with van der Waals surface area (Å²) in [5.41, 5.74) is 1.61. The van der Waals surface area contributed by atoms with E-state index in [2.05, 4.69) is 20.1 Å². The van der Waals surface area contributed by atoms with Gasteiger partial charge in [0.2, 0.25) is 0 Å². The van der Waals surface area contributed by atoms with Crippen LogP contribution in [0.25, 0.3) is 4.85 Å². The highest BCUT2D eigenvalue weighted by Crippen LogP contribution is 2.13. The SMILES string of the molecule is C#[N+]c1ccc(C(=O)N[C@H](Cc2cnc[nH]2)C(=O)OCOCC)cc1. The van der Waals surface area contributed by atoms with Gasteiger partial charge in [0.15, 0.2) is 6.79 Å². The van der Waals surface area contributed by atoms with Gasteiger partial charge in [0.1, 0.15) is 6.04 Å². The van der Waals surface area contributed by atoms with Gasteiger partial charge in [0.05, 0.1) is 6.33 Å². The summed E-state index contributed by atoms with van der Waals surface area (Å²) in [6, 6.07) is 5.46. The molecule has 0 aliphatic rings. The van der Waals surface area contributed by atoms with Gasteiger partial charge in [-0.15, -0.1) is 0 Å². The fourth-order valence-corrected chi connectivity index (χ4v) is 2.03. The Hall–Kier alpha value is -3.18. The number of carbonyl (C=O) groups is 2. The minimum Gasteiger partial charge on any atom is -0.437 e.